The lowest BCUT2D eigenvalue weighted by atomic mass is 10.4. The van der Waals surface area contributed by atoms with E-state index < -0.39 is 0 Å². The Bertz CT molecular complexity index is 524. The largest absolute Gasteiger partial charge is 0.324 e. The molecule has 1 N–H and O–H groups in total. The van der Waals surface area contributed by atoms with Crippen LogP contribution < -0.4 is 5.32 Å². The highest BCUT2D eigenvalue weighted by molar-refractivity contribution is 5.46. The van der Waals surface area contributed by atoms with Crippen molar-refractivity contribution >= 4 is 0 Å². The van der Waals surface area contributed by atoms with Gasteiger partial charge in [0.25, 0.3) is 0 Å². The van der Waals surface area contributed by atoms with Crippen molar-refractivity contribution < 1.29 is 0 Å². The van der Waals surface area contributed by atoms with Crippen molar-refractivity contribution in [1.29, 1.82) is 0 Å². The van der Waals surface area contributed by atoms with Gasteiger partial charge in [0.15, 0.2) is 5.82 Å². The van der Waals surface area contributed by atoms with Gasteiger partial charge in [-0.15, -0.1) is 10.2 Å². The van der Waals surface area contributed by atoms with Crippen molar-refractivity contribution in [2.24, 2.45) is 7.05 Å². The molecular formula is C9H13N7. The number of hydrogen-bond donors (Lipinski definition) is 1. The fourth-order valence-electron chi connectivity index (χ4n) is 2.06. The van der Waals surface area contributed by atoms with Gasteiger partial charge < -0.3 is 9.88 Å². The van der Waals surface area contributed by atoms with Crippen LogP contribution in [0.25, 0.3) is 11.6 Å². The zero-order valence-electron chi connectivity index (χ0n) is 9.30. The molecule has 84 valence electrons. The van der Waals surface area contributed by atoms with Gasteiger partial charge in [-0.2, -0.15) is 4.80 Å². The minimum absolute atomic E-state index is 0.596. The predicted octanol–water partition coefficient (Wildman–Crippen LogP) is -0.303. The number of rotatable bonds is 2. The van der Waals surface area contributed by atoms with E-state index in [4.69, 9.17) is 0 Å². The number of imidazole rings is 1. The fraction of sp³-hybridized carbons (Fsp3) is 0.556. The third-order valence-electron chi connectivity index (χ3n) is 2.76. The third-order valence-corrected chi connectivity index (χ3v) is 2.76. The number of aryl methyl sites for hydroxylation is 1. The van der Waals surface area contributed by atoms with Gasteiger partial charge in [-0.25, -0.2) is 4.98 Å². The molecule has 2 aromatic heterocycles. The van der Waals surface area contributed by atoms with Crippen LogP contribution in [0.5, 0.6) is 0 Å². The van der Waals surface area contributed by atoms with Crippen LogP contribution in [0.4, 0.5) is 0 Å². The van der Waals surface area contributed by atoms with Crippen molar-refractivity contribution in [2.45, 2.75) is 26.6 Å². The molecule has 2 aromatic rings. The first kappa shape index (κ1) is 9.46. The summed E-state index contributed by atoms with van der Waals surface area (Å²) >= 11 is 0. The molecule has 0 bridgehead atoms. The highest BCUT2D eigenvalue weighted by Crippen LogP contribution is 2.22. The quantitative estimate of drug-likeness (QED) is 0.750. The second-order valence-corrected chi connectivity index (χ2v) is 3.78. The van der Waals surface area contributed by atoms with Crippen LogP contribution in [0.2, 0.25) is 0 Å². The number of hydrogen-bond acceptors (Lipinski definition) is 5. The van der Waals surface area contributed by atoms with Crippen molar-refractivity contribution in [1.82, 2.24) is 35.1 Å². The van der Waals surface area contributed by atoms with Gasteiger partial charge in [0.1, 0.15) is 0 Å². The second kappa shape index (κ2) is 3.38. The molecule has 0 aliphatic carbocycles. The molecule has 0 saturated carbocycles. The summed E-state index contributed by atoms with van der Waals surface area (Å²) in [4.78, 5) is 6.02. The fourth-order valence-corrected chi connectivity index (χ4v) is 2.06. The van der Waals surface area contributed by atoms with Gasteiger partial charge in [-0.1, -0.05) is 0 Å². The summed E-state index contributed by atoms with van der Waals surface area (Å²) in [7, 11) is 1.75. The molecule has 0 saturated heterocycles. The van der Waals surface area contributed by atoms with Crippen molar-refractivity contribution in [3.63, 3.8) is 0 Å². The van der Waals surface area contributed by atoms with Crippen LogP contribution >= 0.6 is 0 Å². The normalized spacial score (nSPS) is 14.4. The number of nitrogens with one attached hydrogen (secondary N) is 1. The van der Waals surface area contributed by atoms with E-state index in [1.54, 1.807) is 7.05 Å². The zero-order chi connectivity index (χ0) is 11.1. The molecule has 7 nitrogen and oxygen atoms in total. The van der Waals surface area contributed by atoms with E-state index in [1.807, 2.05) is 0 Å². The number of tetrazole rings is 1. The monoisotopic (exact) mass is 219 g/mol. The van der Waals surface area contributed by atoms with E-state index in [1.165, 1.54) is 10.5 Å². The van der Waals surface area contributed by atoms with Crippen LogP contribution in [0.3, 0.4) is 0 Å². The van der Waals surface area contributed by atoms with E-state index in [0.29, 0.717) is 5.82 Å². The van der Waals surface area contributed by atoms with Gasteiger partial charge in [0, 0.05) is 19.6 Å². The number of aromatic nitrogens is 6. The first-order chi connectivity index (χ1) is 7.79. The smallest absolute Gasteiger partial charge is 0.240 e. The Morgan fingerprint density at radius 3 is 2.94 bits per heavy atom. The maximum absolute atomic E-state index is 4.57. The van der Waals surface area contributed by atoms with Crippen molar-refractivity contribution in [2.75, 3.05) is 0 Å². The van der Waals surface area contributed by atoms with E-state index in [-0.39, 0.29) is 0 Å². The molecule has 3 rings (SSSR count). The molecular weight excluding hydrogens is 206 g/mol. The highest BCUT2D eigenvalue weighted by atomic mass is 15.6. The first-order valence-electron chi connectivity index (χ1n) is 5.33. The molecule has 0 radical (unpaired) electrons. The zero-order valence-corrected chi connectivity index (χ0v) is 9.30. The average molecular weight is 219 g/mol. The van der Waals surface area contributed by atoms with Crippen LogP contribution in [-0.4, -0.2) is 29.8 Å². The summed E-state index contributed by atoms with van der Waals surface area (Å²) in [5, 5.41) is 15.3. The van der Waals surface area contributed by atoms with Crippen LogP contribution in [-0.2, 0) is 26.7 Å². The maximum Gasteiger partial charge on any atom is 0.240 e. The third kappa shape index (κ3) is 1.25. The molecule has 3 heterocycles. The van der Waals surface area contributed by atoms with Crippen LogP contribution in [0.15, 0.2) is 0 Å². The van der Waals surface area contributed by atoms with Crippen molar-refractivity contribution in [3.8, 4) is 11.6 Å². The number of nitrogens with zero attached hydrogens (tertiary/aromatic N) is 6. The molecule has 7 heteroatoms. The standard InChI is InChI=1S/C9H13N7/c1-3-16-7-5-10-4-6(7)11-9(16)8-12-14-15(2)13-8/h10H,3-5H2,1-2H3. The van der Waals surface area contributed by atoms with E-state index in [2.05, 4.69) is 37.2 Å². The van der Waals surface area contributed by atoms with Gasteiger partial charge in [0.05, 0.1) is 18.4 Å². The van der Waals surface area contributed by atoms with Gasteiger partial charge in [-0.05, 0) is 12.1 Å². The maximum atomic E-state index is 4.57. The molecule has 1 aliphatic rings. The Morgan fingerprint density at radius 2 is 2.25 bits per heavy atom. The van der Waals surface area contributed by atoms with Gasteiger partial charge in [-0.3, -0.25) is 0 Å². The summed E-state index contributed by atoms with van der Waals surface area (Å²) in [6, 6.07) is 0. The lowest BCUT2D eigenvalue weighted by Crippen LogP contribution is -2.09. The Labute approximate surface area is 92.5 Å². The SMILES string of the molecule is CCn1c(-c2nnn(C)n2)nc2c1CNC2. The molecule has 0 fully saturated rings. The summed E-state index contributed by atoms with van der Waals surface area (Å²) in [6.45, 7) is 4.67. The molecule has 0 aromatic carbocycles. The molecule has 0 atom stereocenters. The Morgan fingerprint density at radius 1 is 1.38 bits per heavy atom. The van der Waals surface area contributed by atoms with Crippen LogP contribution in [0.1, 0.15) is 18.3 Å². The first-order valence-corrected chi connectivity index (χ1v) is 5.33. The summed E-state index contributed by atoms with van der Waals surface area (Å²) in [5.74, 6) is 1.42. The summed E-state index contributed by atoms with van der Waals surface area (Å²) in [5.41, 5.74) is 2.34. The average Bonchev–Trinajstić information content (AvgIpc) is 2.90. The Hall–Kier alpha value is -1.76. The minimum atomic E-state index is 0.596. The Kier molecular flexibility index (Phi) is 2.00. The molecule has 0 spiro atoms. The molecule has 0 amide bonds. The molecule has 0 unspecified atom stereocenters. The molecule has 16 heavy (non-hydrogen) atoms. The predicted molar refractivity (Wildman–Crippen MR) is 56.2 cm³/mol. The van der Waals surface area contributed by atoms with Gasteiger partial charge >= 0.3 is 0 Å². The minimum Gasteiger partial charge on any atom is -0.324 e. The lowest BCUT2D eigenvalue weighted by Gasteiger charge is -2.04. The topological polar surface area (TPSA) is 73.5 Å². The lowest BCUT2D eigenvalue weighted by molar-refractivity contribution is 0.629. The number of fused-ring (bicyclic) bond motifs is 1. The van der Waals surface area contributed by atoms with Crippen molar-refractivity contribution in [3.05, 3.63) is 11.4 Å². The van der Waals surface area contributed by atoms with E-state index >= 15 is 0 Å². The van der Waals surface area contributed by atoms with E-state index in [9.17, 15) is 0 Å². The van der Waals surface area contributed by atoms with Gasteiger partial charge in [0.2, 0.25) is 5.82 Å². The Balaban J connectivity index is 2.14. The summed E-state index contributed by atoms with van der Waals surface area (Å²) in [6.07, 6.45) is 0. The molecule has 1 aliphatic heterocycles. The summed E-state index contributed by atoms with van der Waals surface area (Å²) < 4.78 is 2.15. The van der Waals surface area contributed by atoms with Crippen LogP contribution in [0, 0.1) is 0 Å². The highest BCUT2D eigenvalue weighted by Gasteiger charge is 2.23. The van der Waals surface area contributed by atoms with E-state index in [0.717, 1.165) is 31.2 Å². The second-order valence-electron chi connectivity index (χ2n) is 3.78.